The van der Waals surface area contributed by atoms with Crippen LogP contribution in [-0.2, 0) is 24.1 Å². The molecule has 1 fully saturated rings. The number of rotatable bonds is 11. The number of anilines is 2. The topological polar surface area (TPSA) is 70.2 Å². The molecule has 1 aromatic heterocycles. The molecule has 232 valence electrons. The molecule has 7 rings (SSSR count). The van der Waals surface area contributed by atoms with Gasteiger partial charge < -0.3 is 15.5 Å². The maximum Gasteiger partial charge on any atom is 0.228 e. The number of nitrogens with zero attached hydrogens (tertiary/aromatic N) is 3. The third-order valence-electron chi connectivity index (χ3n) is 9.32. The highest BCUT2D eigenvalue weighted by Gasteiger charge is 2.27. The molecule has 1 saturated heterocycles. The van der Waals surface area contributed by atoms with Crippen LogP contribution in [0.1, 0.15) is 58.6 Å². The number of carbonyl (C=O) groups excluding carboxylic acids is 1. The first-order valence-electron chi connectivity index (χ1n) is 16.6. The third-order valence-corrected chi connectivity index (χ3v) is 9.32. The molecule has 1 atom stereocenters. The lowest BCUT2D eigenvalue weighted by Crippen LogP contribution is -2.22. The summed E-state index contributed by atoms with van der Waals surface area (Å²) in [5.41, 5.74) is 10.1. The average Bonchev–Trinajstić information content (AvgIpc) is 3.62. The summed E-state index contributed by atoms with van der Waals surface area (Å²) in [5.74, 6) is 0.889. The molecule has 46 heavy (non-hydrogen) atoms. The largest absolute Gasteiger partial charge is 0.354 e. The van der Waals surface area contributed by atoms with E-state index in [4.69, 9.17) is 4.98 Å². The average molecular weight is 608 g/mol. The minimum absolute atomic E-state index is 0.0113. The molecule has 6 nitrogen and oxygen atoms in total. The van der Waals surface area contributed by atoms with Gasteiger partial charge in [-0.2, -0.15) is 0 Å². The molecule has 6 heteroatoms. The fourth-order valence-electron chi connectivity index (χ4n) is 6.92. The van der Waals surface area contributed by atoms with Gasteiger partial charge in [-0.3, -0.25) is 4.79 Å². The molecule has 0 spiro atoms. The SMILES string of the molecule is O=C(Cc1ccccc1Cc1ccccc1)Nc1ccc(C2Cc3cnc(NCCCN4CCCC4)nc3-c3ccccc32)cc1. The Balaban J connectivity index is 1.00. The summed E-state index contributed by atoms with van der Waals surface area (Å²) in [6.07, 6.45) is 7.74. The lowest BCUT2D eigenvalue weighted by atomic mass is 9.78. The number of nitrogens with one attached hydrogen (secondary N) is 2. The standard InChI is InChI=1S/C40H41N5O/c46-38(27-32-14-5-4-13-31(32)25-29-11-2-1-3-12-29)43-34-19-17-30(18-20-34)37-26-33-28-42-40(41-21-10-24-45-22-8-9-23-45)44-39(33)36-16-7-6-15-35(36)37/h1-7,11-20,28,37H,8-10,21-27H2,(H,43,46)(H,41,42,44). The predicted octanol–water partition coefficient (Wildman–Crippen LogP) is 7.50. The molecule has 1 amide bonds. The van der Waals surface area contributed by atoms with Crippen LogP contribution in [0, 0.1) is 0 Å². The second-order valence-corrected chi connectivity index (χ2v) is 12.5. The molecule has 2 heterocycles. The van der Waals surface area contributed by atoms with Crippen LogP contribution in [0.2, 0.25) is 0 Å². The number of benzene rings is 4. The van der Waals surface area contributed by atoms with E-state index in [0.29, 0.717) is 12.4 Å². The van der Waals surface area contributed by atoms with Crippen molar-refractivity contribution >= 4 is 17.5 Å². The molecular formula is C40H41N5O. The maximum atomic E-state index is 13.1. The van der Waals surface area contributed by atoms with Gasteiger partial charge >= 0.3 is 0 Å². The highest BCUT2D eigenvalue weighted by Crippen LogP contribution is 2.42. The second kappa shape index (κ2) is 14.1. The highest BCUT2D eigenvalue weighted by molar-refractivity contribution is 5.92. The van der Waals surface area contributed by atoms with Crippen molar-refractivity contribution < 1.29 is 4.79 Å². The van der Waals surface area contributed by atoms with Crippen molar-refractivity contribution in [1.29, 1.82) is 0 Å². The summed E-state index contributed by atoms with van der Waals surface area (Å²) in [5, 5.41) is 6.58. The Labute approximate surface area is 271 Å². The number of hydrogen-bond acceptors (Lipinski definition) is 5. The molecule has 0 saturated carbocycles. The first-order chi connectivity index (χ1) is 22.7. The van der Waals surface area contributed by atoms with Gasteiger partial charge in [0.1, 0.15) is 0 Å². The number of amides is 1. The fourth-order valence-corrected chi connectivity index (χ4v) is 6.92. The molecule has 1 aliphatic carbocycles. The Bertz CT molecular complexity index is 1780. The summed E-state index contributed by atoms with van der Waals surface area (Å²) in [6, 6.07) is 35.5. The van der Waals surface area contributed by atoms with E-state index in [0.717, 1.165) is 54.9 Å². The predicted molar refractivity (Wildman–Crippen MR) is 186 cm³/mol. The molecule has 0 bridgehead atoms. The van der Waals surface area contributed by atoms with Crippen molar-refractivity contribution in [3.05, 3.63) is 143 Å². The highest BCUT2D eigenvalue weighted by atomic mass is 16.1. The van der Waals surface area contributed by atoms with Gasteiger partial charge in [0.15, 0.2) is 0 Å². The summed E-state index contributed by atoms with van der Waals surface area (Å²) >= 11 is 0. The monoisotopic (exact) mass is 607 g/mol. The lowest BCUT2D eigenvalue weighted by Gasteiger charge is -2.27. The Morgan fingerprint density at radius 3 is 2.39 bits per heavy atom. The number of aromatic nitrogens is 2. The first-order valence-corrected chi connectivity index (χ1v) is 16.6. The van der Waals surface area contributed by atoms with Gasteiger partial charge in [-0.1, -0.05) is 91.0 Å². The van der Waals surface area contributed by atoms with Crippen molar-refractivity contribution in [3.63, 3.8) is 0 Å². The van der Waals surface area contributed by atoms with Crippen molar-refractivity contribution in [2.24, 2.45) is 0 Å². The van der Waals surface area contributed by atoms with E-state index >= 15 is 0 Å². The van der Waals surface area contributed by atoms with Gasteiger partial charge in [-0.15, -0.1) is 0 Å². The van der Waals surface area contributed by atoms with Crippen LogP contribution in [0.25, 0.3) is 11.3 Å². The maximum absolute atomic E-state index is 13.1. The number of fused-ring (bicyclic) bond motifs is 3. The van der Waals surface area contributed by atoms with E-state index in [1.807, 2.05) is 36.5 Å². The van der Waals surface area contributed by atoms with Gasteiger partial charge in [0, 0.05) is 29.9 Å². The van der Waals surface area contributed by atoms with Crippen LogP contribution in [0.15, 0.2) is 109 Å². The summed E-state index contributed by atoms with van der Waals surface area (Å²) in [7, 11) is 0. The van der Waals surface area contributed by atoms with E-state index in [9.17, 15) is 4.79 Å². The minimum Gasteiger partial charge on any atom is -0.354 e. The Kier molecular flexibility index (Phi) is 9.15. The van der Waals surface area contributed by atoms with Gasteiger partial charge in [-0.25, -0.2) is 9.97 Å². The zero-order valence-electron chi connectivity index (χ0n) is 26.3. The van der Waals surface area contributed by atoms with E-state index in [2.05, 4.69) is 93.3 Å². The summed E-state index contributed by atoms with van der Waals surface area (Å²) in [4.78, 5) is 25.3. The smallest absolute Gasteiger partial charge is 0.228 e. The Hall–Kier alpha value is -4.81. The van der Waals surface area contributed by atoms with Crippen molar-refractivity contribution in [1.82, 2.24) is 14.9 Å². The number of carbonyl (C=O) groups is 1. The van der Waals surface area contributed by atoms with Crippen molar-refractivity contribution in [2.75, 3.05) is 36.8 Å². The zero-order valence-corrected chi connectivity index (χ0v) is 26.3. The Morgan fingerprint density at radius 1 is 0.826 bits per heavy atom. The van der Waals surface area contributed by atoms with E-state index in [1.165, 1.54) is 53.7 Å². The molecule has 1 aliphatic heterocycles. The van der Waals surface area contributed by atoms with Crippen molar-refractivity contribution in [2.45, 2.75) is 44.4 Å². The summed E-state index contributed by atoms with van der Waals surface area (Å²) < 4.78 is 0. The van der Waals surface area contributed by atoms with Gasteiger partial charge in [-0.05, 0) is 97.3 Å². The number of hydrogen-bond donors (Lipinski definition) is 2. The first kappa shape index (κ1) is 29.9. The van der Waals surface area contributed by atoms with Gasteiger partial charge in [0.25, 0.3) is 0 Å². The molecule has 2 aliphatic rings. The molecular weight excluding hydrogens is 566 g/mol. The minimum atomic E-state index is -0.0113. The molecule has 5 aromatic rings. The van der Waals surface area contributed by atoms with E-state index in [1.54, 1.807) is 0 Å². The quantitative estimate of drug-likeness (QED) is 0.152. The molecule has 4 aromatic carbocycles. The summed E-state index contributed by atoms with van der Waals surface area (Å²) in [6.45, 7) is 4.47. The van der Waals surface area contributed by atoms with Crippen LogP contribution in [-0.4, -0.2) is 47.0 Å². The number of likely N-dealkylation sites (tertiary alicyclic amines) is 1. The van der Waals surface area contributed by atoms with Gasteiger partial charge in [0.2, 0.25) is 11.9 Å². The van der Waals surface area contributed by atoms with Crippen LogP contribution in [0.3, 0.4) is 0 Å². The normalized spacial score (nSPS) is 15.6. The lowest BCUT2D eigenvalue weighted by molar-refractivity contribution is -0.115. The molecule has 1 unspecified atom stereocenters. The van der Waals surface area contributed by atoms with Crippen LogP contribution >= 0.6 is 0 Å². The van der Waals surface area contributed by atoms with Crippen LogP contribution < -0.4 is 10.6 Å². The Morgan fingerprint density at radius 2 is 1.57 bits per heavy atom. The van der Waals surface area contributed by atoms with Crippen molar-refractivity contribution in [3.8, 4) is 11.3 Å². The van der Waals surface area contributed by atoms with Gasteiger partial charge in [0.05, 0.1) is 12.1 Å². The fraction of sp³-hybridized carbons (Fsp3) is 0.275. The molecule has 2 N–H and O–H groups in total. The van der Waals surface area contributed by atoms with Crippen LogP contribution in [0.5, 0.6) is 0 Å². The molecule has 0 radical (unpaired) electrons. The third kappa shape index (κ3) is 7.03. The van der Waals surface area contributed by atoms with E-state index in [-0.39, 0.29) is 11.8 Å². The van der Waals surface area contributed by atoms with Crippen LogP contribution in [0.4, 0.5) is 11.6 Å². The van der Waals surface area contributed by atoms with E-state index < -0.39 is 0 Å². The second-order valence-electron chi connectivity index (χ2n) is 12.5. The zero-order chi connectivity index (χ0) is 31.1.